The number of likely N-dealkylation sites (tertiary alicyclic amines) is 1. The quantitative estimate of drug-likeness (QED) is 0.672. The van der Waals surface area contributed by atoms with Gasteiger partial charge in [-0.15, -0.1) is 0 Å². The molecular weight excluding hydrogens is 354 g/mol. The Morgan fingerprint density at radius 1 is 1.21 bits per heavy atom. The zero-order valence-electron chi connectivity index (χ0n) is 17.3. The van der Waals surface area contributed by atoms with E-state index in [-0.39, 0.29) is 17.9 Å². The molecule has 0 aliphatic carbocycles. The number of para-hydroxylation sites is 1. The number of piperidine rings is 1. The second kappa shape index (κ2) is 8.95. The van der Waals surface area contributed by atoms with Crippen molar-refractivity contribution in [1.82, 2.24) is 15.5 Å². The van der Waals surface area contributed by atoms with Crippen LogP contribution in [0.3, 0.4) is 0 Å². The molecule has 3 rings (SSSR count). The molecule has 0 radical (unpaired) electrons. The van der Waals surface area contributed by atoms with Crippen LogP contribution in [0.4, 0.5) is 4.79 Å². The number of urea groups is 1. The van der Waals surface area contributed by atoms with E-state index in [1.807, 2.05) is 25.1 Å². The summed E-state index contributed by atoms with van der Waals surface area (Å²) < 4.78 is 5.75. The largest absolute Gasteiger partial charge is 0.494 e. The van der Waals surface area contributed by atoms with Gasteiger partial charge in [-0.3, -0.25) is 15.0 Å². The Labute approximate surface area is 168 Å². The van der Waals surface area contributed by atoms with Crippen LogP contribution in [0.5, 0.6) is 5.75 Å². The highest BCUT2D eigenvalue weighted by atomic mass is 16.5. The molecular formula is C22H33N3O3. The maximum absolute atomic E-state index is 12.7. The van der Waals surface area contributed by atoms with Gasteiger partial charge in [-0.1, -0.05) is 32.0 Å². The van der Waals surface area contributed by atoms with Crippen LogP contribution < -0.4 is 15.4 Å². The van der Waals surface area contributed by atoms with Gasteiger partial charge in [0.1, 0.15) is 11.3 Å². The first-order valence-electron chi connectivity index (χ1n) is 10.5. The summed E-state index contributed by atoms with van der Waals surface area (Å²) in [5, 5.41) is 5.48. The van der Waals surface area contributed by atoms with Gasteiger partial charge in [-0.25, -0.2) is 4.79 Å². The van der Waals surface area contributed by atoms with E-state index < -0.39 is 5.54 Å². The monoisotopic (exact) mass is 387 g/mol. The summed E-state index contributed by atoms with van der Waals surface area (Å²) in [6.45, 7) is 9.64. The minimum atomic E-state index is -0.739. The van der Waals surface area contributed by atoms with E-state index in [0.29, 0.717) is 18.9 Å². The van der Waals surface area contributed by atoms with Crippen molar-refractivity contribution in [2.75, 3.05) is 19.7 Å². The first kappa shape index (κ1) is 20.6. The van der Waals surface area contributed by atoms with E-state index in [1.54, 1.807) is 0 Å². The minimum Gasteiger partial charge on any atom is -0.494 e. The molecule has 1 aromatic carbocycles. The van der Waals surface area contributed by atoms with Gasteiger partial charge in [0, 0.05) is 12.1 Å². The number of carbonyl (C=O) groups excluding carboxylic acids is 2. The van der Waals surface area contributed by atoms with Crippen molar-refractivity contribution in [3.05, 3.63) is 29.8 Å². The van der Waals surface area contributed by atoms with Crippen LogP contribution in [-0.4, -0.2) is 42.1 Å². The fraction of sp³-hybridized carbons (Fsp3) is 0.636. The smallest absolute Gasteiger partial charge is 0.322 e. The van der Waals surface area contributed by atoms with Gasteiger partial charge in [-0.05, 0) is 63.6 Å². The SMILES string of the molecule is CCOc1ccccc1CN1CCC(C2(CCC(C)C)NC(=O)NC2=O)CC1. The van der Waals surface area contributed by atoms with Crippen LogP contribution in [0.25, 0.3) is 0 Å². The number of hydrogen-bond donors (Lipinski definition) is 2. The summed E-state index contributed by atoms with van der Waals surface area (Å²) in [7, 11) is 0. The maximum Gasteiger partial charge on any atom is 0.322 e. The fourth-order valence-corrected chi connectivity index (χ4v) is 4.44. The zero-order chi connectivity index (χ0) is 20.1. The summed E-state index contributed by atoms with van der Waals surface area (Å²) in [6, 6.07) is 7.84. The van der Waals surface area contributed by atoms with E-state index in [4.69, 9.17) is 4.74 Å². The number of amides is 3. The normalized spacial score (nSPS) is 23.7. The Morgan fingerprint density at radius 3 is 2.54 bits per heavy atom. The third-order valence-electron chi connectivity index (χ3n) is 6.04. The first-order valence-corrected chi connectivity index (χ1v) is 10.5. The Morgan fingerprint density at radius 2 is 1.93 bits per heavy atom. The Bertz CT molecular complexity index is 698. The topological polar surface area (TPSA) is 70.7 Å². The number of benzene rings is 1. The lowest BCUT2D eigenvalue weighted by atomic mass is 9.74. The zero-order valence-corrected chi connectivity index (χ0v) is 17.3. The molecule has 3 amide bonds. The molecule has 2 aliphatic heterocycles. The highest BCUT2D eigenvalue weighted by Crippen LogP contribution is 2.36. The first-order chi connectivity index (χ1) is 13.4. The molecule has 1 unspecified atom stereocenters. The fourth-order valence-electron chi connectivity index (χ4n) is 4.44. The summed E-state index contributed by atoms with van der Waals surface area (Å²) in [5.41, 5.74) is 0.459. The molecule has 6 heteroatoms. The van der Waals surface area contributed by atoms with Gasteiger partial charge < -0.3 is 10.1 Å². The minimum absolute atomic E-state index is 0.140. The van der Waals surface area contributed by atoms with Gasteiger partial charge in [0.2, 0.25) is 0 Å². The van der Waals surface area contributed by atoms with Crippen LogP contribution in [0.2, 0.25) is 0 Å². The van der Waals surface area contributed by atoms with Crippen molar-refractivity contribution in [2.45, 2.75) is 58.5 Å². The molecule has 28 heavy (non-hydrogen) atoms. The van der Waals surface area contributed by atoms with Crippen LogP contribution in [0.1, 0.15) is 52.0 Å². The summed E-state index contributed by atoms with van der Waals surface area (Å²) in [6.07, 6.45) is 3.45. The Balaban J connectivity index is 1.65. The number of carbonyl (C=O) groups is 2. The number of imide groups is 1. The highest BCUT2D eigenvalue weighted by molar-refractivity contribution is 6.07. The number of ether oxygens (including phenoxy) is 1. The molecule has 6 nitrogen and oxygen atoms in total. The Kier molecular flexibility index (Phi) is 6.60. The predicted molar refractivity (Wildman–Crippen MR) is 109 cm³/mol. The van der Waals surface area contributed by atoms with Crippen LogP contribution in [0, 0.1) is 11.8 Å². The molecule has 2 saturated heterocycles. The van der Waals surface area contributed by atoms with Crippen LogP contribution >= 0.6 is 0 Å². The van der Waals surface area contributed by atoms with Crippen molar-refractivity contribution in [1.29, 1.82) is 0 Å². The predicted octanol–water partition coefficient (Wildman–Crippen LogP) is 3.31. The van der Waals surface area contributed by atoms with Crippen molar-refractivity contribution in [2.24, 2.45) is 11.8 Å². The van der Waals surface area contributed by atoms with Gasteiger partial charge in [-0.2, -0.15) is 0 Å². The van der Waals surface area contributed by atoms with E-state index in [1.165, 1.54) is 5.56 Å². The van der Waals surface area contributed by atoms with E-state index in [9.17, 15) is 9.59 Å². The molecule has 154 valence electrons. The number of nitrogens with one attached hydrogen (secondary N) is 2. The molecule has 1 atom stereocenters. The molecule has 0 bridgehead atoms. The lowest BCUT2D eigenvalue weighted by Crippen LogP contribution is -2.56. The van der Waals surface area contributed by atoms with Gasteiger partial charge in [0.15, 0.2) is 0 Å². The second-order valence-corrected chi connectivity index (χ2v) is 8.40. The second-order valence-electron chi connectivity index (χ2n) is 8.40. The lowest BCUT2D eigenvalue weighted by molar-refractivity contribution is -0.127. The molecule has 2 heterocycles. The van der Waals surface area contributed by atoms with E-state index >= 15 is 0 Å². The number of hydrogen-bond acceptors (Lipinski definition) is 4. The van der Waals surface area contributed by atoms with Crippen LogP contribution in [-0.2, 0) is 11.3 Å². The number of nitrogens with zero attached hydrogens (tertiary/aromatic N) is 1. The summed E-state index contributed by atoms with van der Waals surface area (Å²) in [4.78, 5) is 27.0. The van der Waals surface area contributed by atoms with Crippen molar-refractivity contribution in [3.8, 4) is 5.75 Å². The molecule has 2 N–H and O–H groups in total. The molecule has 0 saturated carbocycles. The highest BCUT2D eigenvalue weighted by Gasteiger charge is 2.51. The standard InChI is InChI=1S/C22H33N3O3/c1-4-28-19-8-6-5-7-17(19)15-25-13-10-18(11-14-25)22(12-9-16(2)3)20(26)23-21(27)24-22/h5-8,16,18H,4,9-15H2,1-3H3,(H2,23,24,26,27). The van der Waals surface area contributed by atoms with E-state index in [0.717, 1.165) is 44.6 Å². The molecule has 1 aromatic rings. The molecule has 0 spiro atoms. The summed E-state index contributed by atoms with van der Waals surface area (Å²) in [5.74, 6) is 1.48. The van der Waals surface area contributed by atoms with Crippen molar-refractivity contribution < 1.29 is 14.3 Å². The van der Waals surface area contributed by atoms with Crippen molar-refractivity contribution >= 4 is 11.9 Å². The van der Waals surface area contributed by atoms with Crippen LogP contribution in [0.15, 0.2) is 24.3 Å². The van der Waals surface area contributed by atoms with Gasteiger partial charge in [0.05, 0.1) is 6.61 Å². The van der Waals surface area contributed by atoms with Gasteiger partial charge >= 0.3 is 6.03 Å². The average Bonchev–Trinajstić information content (AvgIpc) is 2.97. The third kappa shape index (κ3) is 4.49. The van der Waals surface area contributed by atoms with E-state index in [2.05, 4.69) is 35.4 Å². The lowest BCUT2D eigenvalue weighted by Gasteiger charge is -2.41. The summed E-state index contributed by atoms with van der Waals surface area (Å²) >= 11 is 0. The number of rotatable bonds is 8. The third-order valence-corrected chi connectivity index (χ3v) is 6.04. The molecule has 2 fully saturated rings. The average molecular weight is 388 g/mol. The molecule has 0 aromatic heterocycles. The maximum atomic E-state index is 12.7. The molecule has 2 aliphatic rings. The van der Waals surface area contributed by atoms with Gasteiger partial charge in [0.25, 0.3) is 5.91 Å². The Hall–Kier alpha value is -2.08. The van der Waals surface area contributed by atoms with Crippen molar-refractivity contribution in [3.63, 3.8) is 0 Å².